The number of rotatable bonds is 2. The Kier molecular flexibility index (Phi) is 4.24. The van der Waals surface area contributed by atoms with Gasteiger partial charge in [-0.25, -0.2) is 14.4 Å². The van der Waals surface area contributed by atoms with Crippen molar-refractivity contribution in [3.63, 3.8) is 0 Å². The fourth-order valence-electron chi connectivity index (χ4n) is 2.70. The van der Waals surface area contributed by atoms with Crippen molar-refractivity contribution in [1.29, 1.82) is 0 Å². The topological polar surface area (TPSA) is 148 Å². The van der Waals surface area contributed by atoms with Crippen molar-refractivity contribution in [1.82, 2.24) is 19.5 Å². The molecule has 0 radical (unpaired) electrons. The third kappa shape index (κ3) is 2.45. The maximum atomic E-state index is 12.5. The second-order valence-electron chi connectivity index (χ2n) is 5.30. The first kappa shape index (κ1) is 16.7. The number of halogens is 1. The van der Waals surface area contributed by atoms with Crippen LogP contribution in [-0.4, -0.2) is 60.8 Å². The van der Waals surface area contributed by atoms with Crippen LogP contribution in [0.1, 0.15) is 6.23 Å². The van der Waals surface area contributed by atoms with Crippen LogP contribution < -0.4 is 11.5 Å². The van der Waals surface area contributed by atoms with Gasteiger partial charge in [0.15, 0.2) is 22.4 Å². The predicted molar refractivity (Wildman–Crippen MR) is 84.8 cm³/mol. The van der Waals surface area contributed by atoms with Crippen molar-refractivity contribution in [3.05, 3.63) is 11.0 Å². The number of nitrogens with one attached hydrogen (secondary N) is 1. The monoisotopic (exact) mass is 354 g/mol. The van der Waals surface area contributed by atoms with Crippen molar-refractivity contribution in [2.24, 2.45) is 5.73 Å². The Bertz CT molecular complexity index is 889. The fraction of sp³-hybridized carbons (Fsp3) is 0.462. The highest BCUT2D eigenvalue weighted by Gasteiger charge is 2.54. The number of H-pyrrole nitrogens is 1. The largest absolute Gasteiger partial charge is 0.394 e. The number of anilines is 1. The highest BCUT2D eigenvalue weighted by molar-refractivity contribution is 7.71. The Morgan fingerprint density at radius 3 is 3.00 bits per heavy atom. The zero-order valence-electron chi connectivity index (χ0n) is 12.3. The maximum Gasteiger partial charge on any atom is 0.200 e. The Labute approximate surface area is 140 Å². The highest BCUT2D eigenvalue weighted by atomic mass is 32.1. The summed E-state index contributed by atoms with van der Waals surface area (Å²) < 4.78 is 19.7. The van der Waals surface area contributed by atoms with Gasteiger partial charge < -0.3 is 31.4 Å². The molecule has 1 fully saturated rings. The van der Waals surface area contributed by atoms with E-state index in [1.165, 1.54) is 10.9 Å². The Balaban J connectivity index is 2.18. The minimum absolute atomic E-state index is 0.0592. The summed E-state index contributed by atoms with van der Waals surface area (Å²) in [6.45, 7) is -1.42. The van der Waals surface area contributed by atoms with Crippen molar-refractivity contribution in [2.75, 3.05) is 19.0 Å². The molecule has 128 valence electrons. The van der Waals surface area contributed by atoms with Crippen LogP contribution in [0, 0.1) is 16.5 Å². The smallest absolute Gasteiger partial charge is 0.200 e. The van der Waals surface area contributed by atoms with Crippen molar-refractivity contribution >= 4 is 29.3 Å². The van der Waals surface area contributed by atoms with E-state index in [9.17, 15) is 14.6 Å². The van der Waals surface area contributed by atoms with Gasteiger partial charge in [-0.1, -0.05) is 24.1 Å². The van der Waals surface area contributed by atoms with Crippen molar-refractivity contribution < 1.29 is 19.3 Å². The third-order valence-electron chi connectivity index (χ3n) is 3.82. The molecule has 2 aromatic rings. The maximum absolute atomic E-state index is 12.5. The lowest BCUT2D eigenvalue weighted by Gasteiger charge is -2.27. The van der Waals surface area contributed by atoms with Crippen molar-refractivity contribution in [2.45, 2.75) is 24.0 Å². The fourth-order valence-corrected chi connectivity index (χ4v) is 2.95. The third-order valence-corrected chi connectivity index (χ3v) is 4.11. The number of aliphatic hydroxyl groups is 2. The number of alkyl halides is 1. The molecule has 1 unspecified atom stereocenters. The SMILES string of the molecule is Nc1nc(=S)c2ncn([C@@H]3O[C@H](CO)[C@H](O)C3(N)C#CCF)c2[nH]1. The first-order chi connectivity index (χ1) is 11.4. The summed E-state index contributed by atoms with van der Waals surface area (Å²) >= 11 is 5.10. The molecule has 0 aromatic carbocycles. The van der Waals surface area contributed by atoms with Gasteiger partial charge in [0.2, 0.25) is 0 Å². The number of imidazole rings is 1. The Morgan fingerprint density at radius 2 is 2.33 bits per heavy atom. The van der Waals surface area contributed by atoms with Crippen LogP contribution in [0.4, 0.5) is 10.3 Å². The molecule has 7 N–H and O–H groups in total. The predicted octanol–water partition coefficient (Wildman–Crippen LogP) is -1.01. The average Bonchev–Trinajstić information content (AvgIpc) is 3.06. The van der Waals surface area contributed by atoms with E-state index >= 15 is 0 Å². The molecule has 1 aliphatic rings. The quantitative estimate of drug-likeness (QED) is 0.340. The molecule has 24 heavy (non-hydrogen) atoms. The summed E-state index contributed by atoms with van der Waals surface area (Å²) in [7, 11) is 0. The standard InChI is InChI=1S/C13H15FN6O3S/c14-3-1-2-13(16)8(22)6(4-21)23-11(13)20-5-17-7-9(20)18-12(15)19-10(7)24/h5-6,8,11,21-22H,3-4,16H2,(H3,15,18,19,24)/t6-,8+,11-,13?/m1/s1. The zero-order valence-corrected chi connectivity index (χ0v) is 13.1. The average molecular weight is 354 g/mol. The molecule has 4 atom stereocenters. The van der Waals surface area contributed by atoms with Crippen LogP contribution in [0.5, 0.6) is 0 Å². The van der Waals surface area contributed by atoms with Gasteiger partial charge in [0.05, 0.1) is 12.9 Å². The number of hydrogen-bond donors (Lipinski definition) is 5. The molecule has 3 rings (SSSR count). The van der Waals surface area contributed by atoms with Gasteiger partial charge in [-0.2, -0.15) is 0 Å². The summed E-state index contributed by atoms with van der Waals surface area (Å²) in [6.07, 6.45) is -2.02. The molecular weight excluding hydrogens is 339 g/mol. The second-order valence-corrected chi connectivity index (χ2v) is 5.69. The Hall–Kier alpha value is -2.10. The van der Waals surface area contributed by atoms with Gasteiger partial charge in [0.1, 0.15) is 30.0 Å². The van der Waals surface area contributed by atoms with Crippen molar-refractivity contribution in [3.8, 4) is 11.8 Å². The van der Waals surface area contributed by atoms with Crippen LogP contribution >= 0.6 is 12.2 Å². The second kappa shape index (κ2) is 6.08. The number of hydrogen-bond acceptors (Lipinski definition) is 8. The summed E-state index contributed by atoms with van der Waals surface area (Å²) in [6, 6.07) is 0. The van der Waals surface area contributed by atoms with Gasteiger partial charge in [-0.3, -0.25) is 4.57 Å². The molecule has 3 heterocycles. The lowest BCUT2D eigenvalue weighted by atomic mass is 9.91. The van der Waals surface area contributed by atoms with E-state index in [0.29, 0.717) is 11.2 Å². The lowest BCUT2D eigenvalue weighted by molar-refractivity contribution is -0.0447. The molecule has 1 aliphatic heterocycles. The minimum Gasteiger partial charge on any atom is -0.394 e. The number of aromatic amines is 1. The van der Waals surface area contributed by atoms with Gasteiger partial charge in [0, 0.05) is 0 Å². The van der Waals surface area contributed by atoms with E-state index in [-0.39, 0.29) is 10.6 Å². The van der Waals surface area contributed by atoms with E-state index in [1.54, 1.807) is 0 Å². The molecule has 1 saturated heterocycles. The van der Waals surface area contributed by atoms with Crippen LogP contribution in [0.2, 0.25) is 0 Å². The van der Waals surface area contributed by atoms with E-state index < -0.39 is 37.3 Å². The van der Waals surface area contributed by atoms with Crippen LogP contribution in [0.3, 0.4) is 0 Å². The van der Waals surface area contributed by atoms with Gasteiger partial charge in [-0.15, -0.1) is 0 Å². The first-order valence-corrected chi connectivity index (χ1v) is 7.34. The summed E-state index contributed by atoms with van der Waals surface area (Å²) in [5.74, 6) is 4.75. The zero-order chi connectivity index (χ0) is 17.5. The van der Waals surface area contributed by atoms with E-state index in [4.69, 9.17) is 28.4 Å². The molecule has 0 saturated carbocycles. The molecule has 2 aromatic heterocycles. The minimum atomic E-state index is -1.67. The first-order valence-electron chi connectivity index (χ1n) is 6.94. The number of nitrogens with zero attached hydrogens (tertiary/aromatic N) is 3. The van der Waals surface area contributed by atoms with Gasteiger partial charge in [0.25, 0.3) is 0 Å². The van der Waals surface area contributed by atoms with E-state index in [2.05, 4.69) is 26.8 Å². The number of nitrogens with two attached hydrogens (primary N) is 2. The molecule has 0 amide bonds. The molecular formula is C13H15FN6O3S. The van der Waals surface area contributed by atoms with Crippen LogP contribution in [-0.2, 0) is 4.74 Å². The summed E-state index contributed by atoms with van der Waals surface area (Å²) in [5.41, 5.74) is 10.9. The van der Waals surface area contributed by atoms with Crippen LogP contribution in [0.25, 0.3) is 11.2 Å². The summed E-state index contributed by atoms with van der Waals surface area (Å²) in [5, 5.41) is 19.7. The highest BCUT2D eigenvalue weighted by Crippen LogP contribution is 2.37. The molecule has 9 nitrogen and oxygen atoms in total. The molecule has 11 heteroatoms. The number of fused-ring (bicyclic) bond motifs is 1. The normalized spacial score (nSPS) is 29.6. The van der Waals surface area contributed by atoms with E-state index in [0.717, 1.165) is 0 Å². The van der Waals surface area contributed by atoms with Crippen LogP contribution in [0.15, 0.2) is 6.33 Å². The molecule has 0 spiro atoms. The number of aliphatic hydroxyl groups excluding tert-OH is 2. The number of nitrogen functional groups attached to an aromatic ring is 1. The number of aromatic nitrogens is 4. The van der Waals surface area contributed by atoms with Gasteiger partial charge >= 0.3 is 0 Å². The Morgan fingerprint density at radius 1 is 1.58 bits per heavy atom. The molecule has 0 bridgehead atoms. The number of ether oxygens (including phenoxy) is 1. The van der Waals surface area contributed by atoms with E-state index in [1.807, 2.05) is 0 Å². The summed E-state index contributed by atoms with van der Waals surface area (Å²) in [4.78, 5) is 10.8. The lowest BCUT2D eigenvalue weighted by Crippen LogP contribution is -2.53. The molecule has 0 aliphatic carbocycles. The van der Waals surface area contributed by atoms with Gasteiger partial charge in [-0.05, 0) is 0 Å².